The summed E-state index contributed by atoms with van der Waals surface area (Å²) in [5.41, 5.74) is 5.39. The number of benzene rings is 2. The largest absolute Gasteiger partial charge is 0.373 e. The zero-order chi connectivity index (χ0) is 34.2. The van der Waals surface area contributed by atoms with E-state index < -0.39 is 5.79 Å². The zero-order valence-electron chi connectivity index (χ0n) is 31.7. The molecule has 0 heterocycles. The third-order valence-electron chi connectivity index (χ3n) is 16.1. The molecule has 0 aromatic heterocycles. The second-order valence-corrected chi connectivity index (χ2v) is 19.2. The summed E-state index contributed by atoms with van der Waals surface area (Å²) in [4.78, 5) is 0. The Morgan fingerprint density at radius 3 is 1.94 bits per heavy atom. The van der Waals surface area contributed by atoms with Crippen LogP contribution in [0, 0.1) is 50.2 Å². The number of methoxy groups -OCH3 is 1. The Morgan fingerprint density at radius 2 is 1.29 bits per heavy atom. The lowest BCUT2D eigenvalue weighted by Crippen LogP contribution is -2.68. The summed E-state index contributed by atoms with van der Waals surface area (Å²) in [5, 5.41) is 0. The van der Waals surface area contributed by atoms with Crippen molar-refractivity contribution in [3.8, 4) is 0 Å². The van der Waals surface area contributed by atoms with Crippen LogP contribution < -0.4 is 0 Å². The van der Waals surface area contributed by atoms with Crippen LogP contribution in [0.1, 0.15) is 124 Å². The molecule has 0 bridgehead atoms. The summed E-state index contributed by atoms with van der Waals surface area (Å²) in [6.07, 6.45) is 13.9. The smallest absolute Gasteiger partial charge is 0.173 e. The number of hydrogen-bond donors (Lipinski definition) is 0. The Hall–Kier alpha value is -1.94. The van der Waals surface area contributed by atoms with Gasteiger partial charge in [0, 0.05) is 24.4 Å². The van der Waals surface area contributed by atoms with E-state index in [-0.39, 0.29) is 38.6 Å². The molecule has 3 nitrogen and oxygen atoms in total. The highest BCUT2D eigenvalue weighted by molar-refractivity contribution is 5.34. The van der Waals surface area contributed by atoms with E-state index in [0.717, 1.165) is 19.3 Å². The molecule has 5 aliphatic rings. The van der Waals surface area contributed by atoms with Crippen molar-refractivity contribution in [2.24, 2.45) is 50.2 Å². The van der Waals surface area contributed by atoms with Crippen LogP contribution in [-0.2, 0) is 27.4 Å². The lowest BCUT2D eigenvalue weighted by atomic mass is 9.33. The Balaban J connectivity index is 1.18. The van der Waals surface area contributed by atoms with Gasteiger partial charge in [-0.25, -0.2) is 0 Å². The van der Waals surface area contributed by atoms with Gasteiger partial charge in [-0.2, -0.15) is 0 Å². The van der Waals surface area contributed by atoms with E-state index in [9.17, 15) is 0 Å². The second kappa shape index (κ2) is 11.8. The Labute approximate surface area is 292 Å². The minimum absolute atomic E-state index is 0.0996. The maximum Gasteiger partial charge on any atom is 0.173 e. The molecule has 0 aliphatic heterocycles. The van der Waals surface area contributed by atoms with Gasteiger partial charge >= 0.3 is 0 Å². The molecule has 0 saturated heterocycles. The average Bonchev–Trinajstić information content (AvgIpc) is 3.05. The Bertz CT molecular complexity index is 1490. The van der Waals surface area contributed by atoms with Crippen LogP contribution in [0.3, 0.4) is 0 Å². The second-order valence-electron chi connectivity index (χ2n) is 19.2. The van der Waals surface area contributed by atoms with Gasteiger partial charge in [0.1, 0.15) is 0 Å². The molecule has 1 unspecified atom stereocenters. The lowest BCUT2D eigenvalue weighted by Gasteiger charge is -2.72. The van der Waals surface area contributed by atoms with Crippen molar-refractivity contribution in [2.75, 3.05) is 7.11 Å². The van der Waals surface area contributed by atoms with Crippen LogP contribution in [0.4, 0.5) is 0 Å². The fraction of sp³-hybridized carbons (Fsp3) is 0.689. The number of allylic oxidation sites excluding steroid dienone is 2. The topological polar surface area (TPSA) is 27.7 Å². The predicted molar refractivity (Wildman–Crippen MR) is 196 cm³/mol. The van der Waals surface area contributed by atoms with Gasteiger partial charge in [-0.1, -0.05) is 128 Å². The van der Waals surface area contributed by atoms with Crippen molar-refractivity contribution >= 4 is 0 Å². The van der Waals surface area contributed by atoms with Gasteiger partial charge in [0.25, 0.3) is 0 Å². The quantitative estimate of drug-likeness (QED) is 0.220. The Morgan fingerprint density at radius 1 is 0.667 bits per heavy atom. The van der Waals surface area contributed by atoms with E-state index in [2.05, 4.69) is 122 Å². The third-order valence-corrected chi connectivity index (χ3v) is 16.1. The maximum absolute atomic E-state index is 6.96. The van der Waals surface area contributed by atoms with Crippen molar-refractivity contribution < 1.29 is 14.2 Å². The van der Waals surface area contributed by atoms with Gasteiger partial charge in [0.05, 0.1) is 19.3 Å². The zero-order valence-corrected chi connectivity index (χ0v) is 31.7. The molecule has 4 fully saturated rings. The van der Waals surface area contributed by atoms with Gasteiger partial charge in [-0.05, 0) is 102 Å². The van der Waals surface area contributed by atoms with Crippen molar-refractivity contribution in [3.63, 3.8) is 0 Å². The molecule has 2 aromatic rings. The minimum Gasteiger partial charge on any atom is -0.373 e. The van der Waals surface area contributed by atoms with E-state index in [1.165, 1.54) is 49.7 Å². The van der Waals surface area contributed by atoms with Crippen LogP contribution >= 0.6 is 0 Å². The minimum atomic E-state index is -0.574. The predicted octanol–water partition coefficient (Wildman–Crippen LogP) is 11.6. The summed E-state index contributed by atoms with van der Waals surface area (Å²) in [7, 11) is 1.89. The normalized spacial score (nSPS) is 42.8. The molecule has 0 radical (unpaired) electrons. The average molecular weight is 653 g/mol. The summed E-state index contributed by atoms with van der Waals surface area (Å²) in [6.45, 7) is 21.9. The van der Waals surface area contributed by atoms with Crippen LogP contribution in [0.5, 0.6) is 0 Å². The van der Waals surface area contributed by atoms with Gasteiger partial charge in [0.2, 0.25) is 0 Å². The van der Waals surface area contributed by atoms with Gasteiger partial charge in [-0.15, -0.1) is 0 Å². The first-order chi connectivity index (χ1) is 22.6. The third kappa shape index (κ3) is 5.06. The number of fused-ring (bicyclic) bond motifs is 7. The van der Waals surface area contributed by atoms with E-state index in [1.54, 1.807) is 5.57 Å². The van der Waals surface area contributed by atoms with Crippen molar-refractivity contribution in [1.29, 1.82) is 0 Å². The van der Waals surface area contributed by atoms with Crippen LogP contribution in [0.25, 0.3) is 0 Å². The van der Waals surface area contributed by atoms with E-state index in [4.69, 9.17) is 14.2 Å². The molecule has 7 rings (SSSR count). The molecule has 262 valence electrons. The number of rotatable bonds is 7. The summed E-state index contributed by atoms with van der Waals surface area (Å²) in [6, 6.07) is 21.4. The number of hydrogen-bond acceptors (Lipinski definition) is 3. The van der Waals surface area contributed by atoms with Gasteiger partial charge in [0.15, 0.2) is 5.79 Å². The number of ether oxygens (including phenoxy) is 3. The molecule has 0 spiro atoms. The van der Waals surface area contributed by atoms with Crippen LogP contribution in [-0.4, -0.2) is 19.0 Å². The molecule has 9 atom stereocenters. The molecule has 2 aromatic carbocycles. The summed E-state index contributed by atoms with van der Waals surface area (Å²) < 4.78 is 20.3. The van der Waals surface area contributed by atoms with E-state index in [0.29, 0.717) is 31.0 Å². The lowest BCUT2D eigenvalue weighted by molar-refractivity contribution is -0.344. The van der Waals surface area contributed by atoms with Gasteiger partial charge in [-0.3, -0.25) is 0 Å². The summed E-state index contributed by atoms with van der Waals surface area (Å²) >= 11 is 0. The molecule has 4 saturated carbocycles. The standard InChI is InChI=1S/C45H64O3/c1-39(2)28-35-34-20-21-37-42(6)25-27-45(46-9,48-31-33-18-14-11-15-19-33)40(3,4)36(42)22-23-44(37,8)43(34,7)26-24-41(35,5)38(29-39)47-30-32-16-12-10-13-17-32/h10-20,35-38H,21-31H2,1-9H3/t35-,36?,37-,38-,41-,42+,43-,44-,45+/m1/s1. The fourth-order valence-corrected chi connectivity index (χ4v) is 13.0. The van der Waals surface area contributed by atoms with E-state index in [1.807, 2.05) is 7.11 Å². The van der Waals surface area contributed by atoms with Gasteiger partial charge < -0.3 is 14.2 Å². The molecule has 48 heavy (non-hydrogen) atoms. The van der Waals surface area contributed by atoms with Crippen molar-refractivity contribution in [1.82, 2.24) is 0 Å². The van der Waals surface area contributed by atoms with E-state index >= 15 is 0 Å². The molecule has 3 heteroatoms. The van der Waals surface area contributed by atoms with Crippen molar-refractivity contribution in [3.05, 3.63) is 83.4 Å². The monoisotopic (exact) mass is 652 g/mol. The van der Waals surface area contributed by atoms with Crippen LogP contribution in [0.2, 0.25) is 0 Å². The molecular weight excluding hydrogens is 588 g/mol. The first kappa shape index (κ1) is 34.5. The highest BCUT2D eigenvalue weighted by atomic mass is 16.7. The highest BCUT2D eigenvalue weighted by Crippen LogP contribution is 2.76. The first-order valence-electron chi connectivity index (χ1n) is 19.2. The highest BCUT2D eigenvalue weighted by Gasteiger charge is 2.71. The molecule has 0 N–H and O–H groups in total. The van der Waals surface area contributed by atoms with Crippen molar-refractivity contribution in [2.45, 2.75) is 138 Å². The first-order valence-corrected chi connectivity index (χ1v) is 19.2. The molecule has 5 aliphatic carbocycles. The SMILES string of the molecule is CO[C@]1(OCc2ccccc2)CC[C@@]2(C)C(CC[C@]3(C)[C@@H]2CC=C2[C@H]4CC(C)(C)C[C@@H](OCc5ccccc5)[C@]4(C)CC[C@]23C)C1(C)C. The molecular formula is C45H64O3. The maximum atomic E-state index is 6.96. The molecule has 0 amide bonds. The summed E-state index contributed by atoms with van der Waals surface area (Å²) in [5.74, 6) is 1.21. The van der Waals surface area contributed by atoms with Crippen LogP contribution in [0.15, 0.2) is 72.3 Å². The fourth-order valence-electron chi connectivity index (χ4n) is 13.0. The Kier molecular flexibility index (Phi) is 8.49.